The number of para-hydroxylation sites is 1. The van der Waals surface area contributed by atoms with Gasteiger partial charge in [-0.1, -0.05) is 77.9 Å². The van der Waals surface area contributed by atoms with E-state index in [0.717, 1.165) is 22.4 Å². The van der Waals surface area contributed by atoms with Gasteiger partial charge < -0.3 is 4.74 Å². The van der Waals surface area contributed by atoms with Crippen molar-refractivity contribution in [1.29, 1.82) is 0 Å². The third-order valence-corrected chi connectivity index (χ3v) is 8.26. The molecule has 0 saturated heterocycles. The van der Waals surface area contributed by atoms with Crippen LogP contribution in [0.2, 0.25) is 0 Å². The van der Waals surface area contributed by atoms with E-state index in [1.54, 1.807) is 0 Å². The SMILES string of the molecule is Cc1ccc(C2(c3ccc(C)cc3)Oc3ccccc3C(I)=C2I)cc1. The first-order valence-corrected chi connectivity index (χ1v) is 10.7. The van der Waals surface area contributed by atoms with Gasteiger partial charge in [0.05, 0.1) is 3.58 Å². The fraction of sp³-hybridized carbons (Fsp3) is 0.130. The summed E-state index contributed by atoms with van der Waals surface area (Å²) < 4.78 is 9.22. The molecule has 4 rings (SSSR count). The number of hydrogen-bond donors (Lipinski definition) is 0. The zero-order valence-electron chi connectivity index (χ0n) is 14.6. The molecule has 130 valence electrons. The Morgan fingerprint density at radius 1 is 0.692 bits per heavy atom. The molecule has 0 bridgehead atoms. The molecule has 0 fully saturated rings. The lowest BCUT2D eigenvalue weighted by atomic mass is 9.83. The zero-order chi connectivity index (χ0) is 18.3. The molecule has 0 unspecified atom stereocenters. The predicted octanol–water partition coefficient (Wildman–Crippen LogP) is 7.18. The first-order chi connectivity index (χ1) is 12.5. The molecule has 0 atom stereocenters. The zero-order valence-corrected chi connectivity index (χ0v) is 18.9. The van der Waals surface area contributed by atoms with Crippen molar-refractivity contribution in [3.8, 4) is 5.75 Å². The molecule has 0 radical (unpaired) electrons. The first kappa shape index (κ1) is 18.0. The van der Waals surface area contributed by atoms with Crippen molar-refractivity contribution in [2.75, 3.05) is 0 Å². The van der Waals surface area contributed by atoms with Gasteiger partial charge >= 0.3 is 0 Å². The van der Waals surface area contributed by atoms with Gasteiger partial charge in [-0.2, -0.15) is 0 Å². The Labute approximate surface area is 181 Å². The van der Waals surface area contributed by atoms with Crippen LogP contribution < -0.4 is 4.74 Å². The van der Waals surface area contributed by atoms with E-state index < -0.39 is 5.60 Å². The summed E-state index contributed by atoms with van der Waals surface area (Å²) >= 11 is 4.92. The fourth-order valence-electron chi connectivity index (χ4n) is 3.33. The van der Waals surface area contributed by atoms with Crippen LogP contribution in [0.1, 0.15) is 27.8 Å². The Kier molecular flexibility index (Phi) is 4.86. The highest BCUT2D eigenvalue weighted by Gasteiger charge is 2.44. The average Bonchev–Trinajstić information content (AvgIpc) is 2.66. The maximum absolute atomic E-state index is 6.78. The summed E-state index contributed by atoms with van der Waals surface area (Å²) in [5, 5.41) is 0. The predicted molar refractivity (Wildman–Crippen MR) is 125 cm³/mol. The molecule has 1 heterocycles. The van der Waals surface area contributed by atoms with Gasteiger partial charge in [-0.3, -0.25) is 0 Å². The highest BCUT2D eigenvalue weighted by Crippen LogP contribution is 2.53. The minimum Gasteiger partial charge on any atom is -0.472 e. The molecule has 0 N–H and O–H groups in total. The minimum atomic E-state index is -0.618. The standard InChI is InChI=1S/C23H18I2O/c1-15-7-11-17(12-8-15)23(18-13-9-16(2)10-14-18)22(25)21(24)19-5-3-4-6-20(19)26-23/h3-14H,1-2H3. The number of halogens is 2. The summed E-state index contributed by atoms with van der Waals surface area (Å²) in [5.41, 5.74) is 5.34. The van der Waals surface area contributed by atoms with Crippen LogP contribution in [0.4, 0.5) is 0 Å². The molecule has 3 heteroatoms. The number of fused-ring (bicyclic) bond motifs is 1. The van der Waals surface area contributed by atoms with E-state index in [1.807, 2.05) is 6.07 Å². The van der Waals surface area contributed by atoms with E-state index in [-0.39, 0.29) is 0 Å². The van der Waals surface area contributed by atoms with Gasteiger partial charge in [-0.15, -0.1) is 0 Å². The molecule has 1 nitrogen and oxygen atoms in total. The molecule has 0 aliphatic carbocycles. The van der Waals surface area contributed by atoms with Gasteiger partial charge in [-0.05, 0) is 65.1 Å². The topological polar surface area (TPSA) is 9.23 Å². The van der Waals surface area contributed by atoms with Crippen molar-refractivity contribution in [2.24, 2.45) is 0 Å². The second kappa shape index (κ2) is 7.00. The third-order valence-electron chi connectivity index (χ3n) is 4.80. The van der Waals surface area contributed by atoms with Crippen molar-refractivity contribution < 1.29 is 4.74 Å². The molecular weight excluding hydrogens is 546 g/mol. The van der Waals surface area contributed by atoms with E-state index in [0.29, 0.717) is 0 Å². The van der Waals surface area contributed by atoms with Gasteiger partial charge in [0.2, 0.25) is 0 Å². The van der Waals surface area contributed by atoms with Crippen LogP contribution in [0.3, 0.4) is 0 Å². The second-order valence-electron chi connectivity index (χ2n) is 6.64. The van der Waals surface area contributed by atoms with Gasteiger partial charge in [0, 0.05) is 20.3 Å². The summed E-state index contributed by atoms with van der Waals surface area (Å²) in [4.78, 5) is 0. The summed E-state index contributed by atoms with van der Waals surface area (Å²) in [7, 11) is 0. The van der Waals surface area contributed by atoms with Crippen LogP contribution in [0.25, 0.3) is 3.58 Å². The second-order valence-corrected chi connectivity index (χ2v) is 8.80. The molecule has 0 amide bonds. The van der Waals surface area contributed by atoms with Crippen molar-refractivity contribution in [2.45, 2.75) is 19.4 Å². The third kappa shape index (κ3) is 2.89. The molecular formula is C23H18I2O. The van der Waals surface area contributed by atoms with Gasteiger partial charge in [0.25, 0.3) is 0 Å². The largest absolute Gasteiger partial charge is 0.472 e. The monoisotopic (exact) mass is 564 g/mol. The Morgan fingerprint density at radius 2 is 1.19 bits per heavy atom. The lowest BCUT2D eigenvalue weighted by Gasteiger charge is -2.40. The van der Waals surface area contributed by atoms with Crippen molar-refractivity contribution in [3.05, 3.63) is 104 Å². The normalized spacial score (nSPS) is 15.4. The van der Waals surface area contributed by atoms with Crippen molar-refractivity contribution in [3.63, 3.8) is 0 Å². The quantitative estimate of drug-likeness (QED) is 0.300. The van der Waals surface area contributed by atoms with Gasteiger partial charge in [0.15, 0.2) is 5.60 Å². The van der Waals surface area contributed by atoms with E-state index >= 15 is 0 Å². The number of rotatable bonds is 2. The summed E-state index contributed by atoms with van der Waals surface area (Å²) in [6.45, 7) is 4.23. The molecule has 3 aromatic rings. The number of benzene rings is 3. The molecule has 3 aromatic carbocycles. The highest BCUT2D eigenvalue weighted by atomic mass is 127. The lowest BCUT2D eigenvalue weighted by Crippen LogP contribution is -2.37. The van der Waals surface area contributed by atoms with Crippen LogP contribution in [0, 0.1) is 13.8 Å². The first-order valence-electron chi connectivity index (χ1n) is 8.51. The number of hydrogen-bond acceptors (Lipinski definition) is 1. The van der Waals surface area contributed by atoms with Crippen molar-refractivity contribution in [1.82, 2.24) is 0 Å². The molecule has 26 heavy (non-hydrogen) atoms. The molecule has 1 aliphatic rings. The molecule has 1 aliphatic heterocycles. The van der Waals surface area contributed by atoms with Gasteiger partial charge in [0.1, 0.15) is 5.75 Å². The van der Waals surface area contributed by atoms with Crippen LogP contribution >= 0.6 is 45.2 Å². The van der Waals surface area contributed by atoms with Crippen LogP contribution in [0.5, 0.6) is 5.75 Å². The minimum absolute atomic E-state index is 0.618. The maximum atomic E-state index is 6.78. The molecule has 0 aromatic heterocycles. The summed E-state index contributed by atoms with van der Waals surface area (Å²) in [6, 6.07) is 25.7. The summed E-state index contributed by atoms with van der Waals surface area (Å²) in [5.74, 6) is 0.929. The Hall–Kier alpha value is -1.34. The van der Waals surface area contributed by atoms with Crippen LogP contribution in [-0.4, -0.2) is 0 Å². The Bertz CT molecular complexity index is 940. The smallest absolute Gasteiger partial charge is 0.191 e. The Morgan fingerprint density at radius 3 is 1.73 bits per heavy atom. The fourth-order valence-corrected chi connectivity index (χ4v) is 5.18. The maximum Gasteiger partial charge on any atom is 0.191 e. The van der Waals surface area contributed by atoms with E-state index in [9.17, 15) is 0 Å². The number of ether oxygens (including phenoxy) is 1. The lowest BCUT2D eigenvalue weighted by molar-refractivity contribution is 0.159. The molecule has 0 spiro atoms. The van der Waals surface area contributed by atoms with Crippen LogP contribution in [-0.2, 0) is 5.60 Å². The van der Waals surface area contributed by atoms with E-state index in [2.05, 4.69) is 126 Å². The highest BCUT2D eigenvalue weighted by molar-refractivity contribution is 14.1. The van der Waals surface area contributed by atoms with Gasteiger partial charge in [-0.25, -0.2) is 0 Å². The number of aryl methyl sites for hydroxylation is 2. The summed E-state index contributed by atoms with van der Waals surface area (Å²) in [6.07, 6.45) is 0. The van der Waals surface area contributed by atoms with Crippen molar-refractivity contribution >= 4 is 48.8 Å². The van der Waals surface area contributed by atoms with Crippen LogP contribution in [0.15, 0.2) is 76.4 Å². The average molecular weight is 564 g/mol. The molecule has 0 saturated carbocycles. The van der Waals surface area contributed by atoms with E-state index in [1.165, 1.54) is 18.3 Å². The van der Waals surface area contributed by atoms with E-state index in [4.69, 9.17) is 4.74 Å². The Balaban J connectivity index is 2.03.